The Bertz CT molecular complexity index is 345. The largest absolute Gasteiger partial charge is 0.481 e. The zero-order valence-corrected chi connectivity index (χ0v) is 10.6. The van der Waals surface area contributed by atoms with E-state index in [4.69, 9.17) is 5.11 Å². The number of rotatable bonds is 4. The van der Waals surface area contributed by atoms with Crippen molar-refractivity contribution in [3.05, 3.63) is 0 Å². The van der Waals surface area contributed by atoms with Crippen LogP contribution in [0.2, 0.25) is 0 Å². The van der Waals surface area contributed by atoms with Crippen LogP contribution in [0.15, 0.2) is 0 Å². The molecule has 7 nitrogen and oxygen atoms in total. The summed E-state index contributed by atoms with van der Waals surface area (Å²) in [6.45, 7) is 4.31. The quantitative estimate of drug-likeness (QED) is 0.647. The second-order valence-corrected chi connectivity index (χ2v) is 4.31. The van der Waals surface area contributed by atoms with Crippen LogP contribution < -0.4 is 10.6 Å². The molecule has 1 saturated heterocycles. The monoisotopic (exact) mass is 257 g/mol. The van der Waals surface area contributed by atoms with E-state index in [0.717, 1.165) is 0 Å². The number of aliphatic carboxylic acids is 1. The molecule has 1 rings (SSSR count). The lowest BCUT2D eigenvalue weighted by Gasteiger charge is -2.33. The zero-order valence-electron chi connectivity index (χ0n) is 10.6. The molecule has 0 aromatic heterocycles. The van der Waals surface area contributed by atoms with Crippen molar-refractivity contribution in [2.75, 3.05) is 13.1 Å². The summed E-state index contributed by atoms with van der Waals surface area (Å²) in [6, 6.07) is -1.32. The molecule has 1 fully saturated rings. The molecule has 7 heteroatoms. The third-order valence-corrected chi connectivity index (χ3v) is 3.00. The standard InChI is InChI=1S/C11H19N3O4/c1-3-8(6-9(15)16)13-11(18)14-5-4-12-10(17)7(14)2/h7-8H,3-6H2,1-2H3,(H,12,17)(H,13,18)(H,15,16). The van der Waals surface area contributed by atoms with E-state index in [2.05, 4.69) is 10.6 Å². The first-order chi connectivity index (χ1) is 8.45. The topological polar surface area (TPSA) is 98.7 Å². The van der Waals surface area contributed by atoms with Crippen LogP contribution in [-0.4, -0.2) is 53.1 Å². The maximum absolute atomic E-state index is 11.9. The van der Waals surface area contributed by atoms with Gasteiger partial charge in [-0.25, -0.2) is 4.79 Å². The SMILES string of the molecule is CCC(CC(=O)O)NC(=O)N1CCNC(=O)C1C. The fourth-order valence-electron chi connectivity index (χ4n) is 1.83. The van der Waals surface area contributed by atoms with E-state index >= 15 is 0 Å². The molecule has 0 spiro atoms. The Morgan fingerprint density at radius 2 is 2.28 bits per heavy atom. The lowest BCUT2D eigenvalue weighted by molar-refractivity contribution is -0.137. The molecule has 1 aliphatic rings. The van der Waals surface area contributed by atoms with Crippen LogP contribution in [0.1, 0.15) is 26.7 Å². The molecule has 1 aliphatic heterocycles. The summed E-state index contributed by atoms with van der Waals surface area (Å²) in [4.78, 5) is 35.4. The highest BCUT2D eigenvalue weighted by atomic mass is 16.4. The summed E-state index contributed by atoms with van der Waals surface area (Å²) in [5.74, 6) is -1.14. The molecule has 0 saturated carbocycles. The molecule has 2 atom stereocenters. The number of piperazine rings is 1. The summed E-state index contributed by atoms with van der Waals surface area (Å²) in [5, 5.41) is 14.0. The number of nitrogens with one attached hydrogen (secondary N) is 2. The second-order valence-electron chi connectivity index (χ2n) is 4.31. The van der Waals surface area contributed by atoms with Gasteiger partial charge >= 0.3 is 12.0 Å². The van der Waals surface area contributed by atoms with Gasteiger partial charge in [-0.2, -0.15) is 0 Å². The highest BCUT2D eigenvalue weighted by molar-refractivity contribution is 5.88. The van der Waals surface area contributed by atoms with Gasteiger partial charge in [0.15, 0.2) is 0 Å². The predicted molar refractivity (Wildman–Crippen MR) is 64.0 cm³/mol. The lowest BCUT2D eigenvalue weighted by Crippen LogP contribution is -2.59. The van der Waals surface area contributed by atoms with Crippen LogP contribution in [0.3, 0.4) is 0 Å². The third-order valence-electron chi connectivity index (χ3n) is 3.00. The number of nitrogens with zero attached hydrogens (tertiary/aromatic N) is 1. The number of carbonyl (C=O) groups is 3. The molecule has 0 bridgehead atoms. The number of urea groups is 1. The van der Waals surface area contributed by atoms with Crippen LogP contribution in [0.4, 0.5) is 4.79 Å². The molecule has 0 aromatic carbocycles. The number of hydrogen-bond donors (Lipinski definition) is 3. The molecular formula is C11H19N3O4. The van der Waals surface area contributed by atoms with E-state index in [1.165, 1.54) is 4.90 Å². The summed E-state index contributed by atoms with van der Waals surface area (Å²) in [6.07, 6.45) is 0.420. The fraction of sp³-hybridized carbons (Fsp3) is 0.727. The molecular weight excluding hydrogens is 238 g/mol. The van der Waals surface area contributed by atoms with Gasteiger partial charge in [0.2, 0.25) is 5.91 Å². The molecule has 3 amide bonds. The molecule has 3 N–H and O–H groups in total. The summed E-state index contributed by atoms with van der Waals surface area (Å²) in [7, 11) is 0. The molecule has 2 unspecified atom stereocenters. The van der Waals surface area contributed by atoms with Gasteiger partial charge in [0.05, 0.1) is 6.42 Å². The minimum atomic E-state index is -0.952. The Balaban J connectivity index is 2.57. The van der Waals surface area contributed by atoms with Gasteiger partial charge in [0.1, 0.15) is 6.04 Å². The van der Waals surface area contributed by atoms with E-state index in [1.807, 2.05) is 0 Å². The Kier molecular flexibility index (Phi) is 4.94. The lowest BCUT2D eigenvalue weighted by atomic mass is 10.1. The number of carboxylic acids is 1. The molecule has 102 valence electrons. The van der Waals surface area contributed by atoms with Crippen molar-refractivity contribution in [3.63, 3.8) is 0 Å². The highest BCUT2D eigenvalue weighted by Gasteiger charge is 2.30. The van der Waals surface area contributed by atoms with Crippen LogP contribution in [0.5, 0.6) is 0 Å². The Hall–Kier alpha value is -1.79. The van der Waals surface area contributed by atoms with E-state index in [-0.39, 0.29) is 18.4 Å². The fourth-order valence-corrected chi connectivity index (χ4v) is 1.83. The van der Waals surface area contributed by atoms with Crippen LogP contribution in [-0.2, 0) is 9.59 Å². The normalized spacial score (nSPS) is 21.1. The van der Waals surface area contributed by atoms with Gasteiger partial charge < -0.3 is 20.6 Å². The van der Waals surface area contributed by atoms with Crippen molar-refractivity contribution in [2.45, 2.75) is 38.8 Å². The third kappa shape index (κ3) is 3.61. The van der Waals surface area contributed by atoms with Gasteiger partial charge in [0.25, 0.3) is 0 Å². The van der Waals surface area contributed by atoms with Crippen molar-refractivity contribution in [1.29, 1.82) is 0 Å². The van der Waals surface area contributed by atoms with Gasteiger partial charge in [-0.15, -0.1) is 0 Å². The average Bonchev–Trinajstić information content (AvgIpc) is 2.31. The minimum absolute atomic E-state index is 0.114. The number of amides is 3. The van der Waals surface area contributed by atoms with E-state index in [1.54, 1.807) is 13.8 Å². The van der Waals surface area contributed by atoms with E-state index in [9.17, 15) is 14.4 Å². The van der Waals surface area contributed by atoms with Crippen LogP contribution in [0.25, 0.3) is 0 Å². The van der Waals surface area contributed by atoms with Crippen molar-refractivity contribution in [1.82, 2.24) is 15.5 Å². The highest BCUT2D eigenvalue weighted by Crippen LogP contribution is 2.06. The van der Waals surface area contributed by atoms with Crippen LogP contribution in [0, 0.1) is 0 Å². The van der Waals surface area contributed by atoms with E-state index < -0.39 is 18.1 Å². The van der Waals surface area contributed by atoms with Gasteiger partial charge in [-0.1, -0.05) is 6.92 Å². The maximum Gasteiger partial charge on any atom is 0.318 e. The van der Waals surface area contributed by atoms with Crippen molar-refractivity contribution in [3.8, 4) is 0 Å². The Labute approximate surface area is 106 Å². The maximum atomic E-state index is 11.9. The first-order valence-corrected chi connectivity index (χ1v) is 6.02. The number of carboxylic acid groups (broad SMARTS) is 1. The van der Waals surface area contributed by atoms with Crippen molar-refractivity contribution in [2.24, 2.45) is 0 Å². The Morgan fingerprint density at radius 1 is 1.61 bits per heavy atom. The number of carbonyl (C=O) groups excluding carboxylic acids is 2. The minimum Gasteiger partial charge on any atom is -0.481 e. The smallest absolute Gasteiger partial charge is 0.318 e. The van der Waals surface area contributed by atoms with Gasteiger partial charge in [-0.3, -0.25) is 9.59 Å². The van der Waals surface area contributed by atoms with Crippen LogP contribution >= 0.6 is 0 Å². The molecule has 18 heavy (non-hydrogen) atoms. The molecule has 0 aromatic rings. The van der Waals surface area contributed by atoms with Gasteiger partial charge in [0, 0.05) is 19.1 Å². The summed E-state index contributed by atoms with van der Waals surface area (Å²) >= 11 is 0. The van der Waals surface area contributed by atoms with E-state index in [0.29, 0.717) is 19.5 Å². The Morgan fingerprint density at radius 3 is 2.83 bits per heavy atom. The first kappa shape index (κ1) is 14.3. The summed E-state index contributed by atoms with van der Waals surface area (Å²) < 4.78 is 0. The molecule has 0 radical (unpaired) electrons. The second kappa shape index (κ2) is 6.23. The predicted octanol–water partition coefficient (Wildman–Crippen LogP) is -0.230. The average molecular weight is 257 g/mol. The zero-order chi connectivity index (χ0) is 13.7. The van der Waals surface area contributed by atoms with Crippen molar-refractivity contribution < 1.29 is 19.5 Å². The molecule has 0 aliphatic carbocycles. The summed E-state index contributed by atoms with van der Waals surface area (Å²) in [5.41, 5.74) is 0. The van der Waals surface area contributed by atoms with Gasteiger partial charge in [-0.05, 0) is 13.3 Å². The number of hydrogen-bond acceptors (Lipinski definition) is 3. The first-order valence-electron chi connectivity index (χ1n) is 6.02. The van der Waals surface area contributed by atoms with Crippen molar-refractivity contribution >= 4 is 17.9 Å². The molecule has 1 heterocycles.